The molecule has 34 heavy (non-hydrogen) atoms. The molecule has 0 fully saturated rings. The molecule has 5 rings (SSSR count). The van der Waals surface area contributed by atoms with Gasteiger partial charge in [0.15, 0.2) is 17.2 Å². The molecular formula is C26H27NO6S. The molecule has 0 amide bonds. The van der Waals surface area contributed by atoms with Gasteiger partial charge in [0.1, 0.15) is 0 Å². The number of ether oxygens (including phenoxy) is 2. The Hall–Kier alpha value is -3.07. The van der Waals surface area contributed by atoms with E-state index in [2.05, 4.69) is 21.9 Å². The third kappa shape index (κ3) is 4.13. The smallest absolute Gasteiger partial charge is 0.240 e. The maximum absolute atomic E-state index is 12.9. The van der Waals surface area contributed by atoms with Crippen LogP contribution in [0.15, 0.2) is 59.5 Å². The van der Waals surface area contributed by atoms with Gasteiger partial charge in [0.05, 0.1) is 18.6 Å². The largest absolute Gasteiger partial charge is 0.493 e. The van der Waals surface area contributed by atoms with Crippen LogP contribution in [0.5, 0.6) is 23.0 Å². The fourth-order valence-corrected chi connectivity index (χ4v) is 5.67. The summed E-state index contributed by atoms with van der Waals surface area (Å²) in [4.78, 5) is 7.53. The van der Waals surface area contributed by atoms with E-state index < -0.39 is 11.1 Å². The first-order valence-electron chi connectivity index (χ1n) is 11.3. The van der Waals surface area contributed by atoms with Crippen LogP contribution in [-0.4, -0.2) is 34.6 Å². The van der Waals surface area contributed by atoms with Crippen LogP contribution in [0.2, 0.25) is 0 Å². The van der Waals surface area contributed by atoms with E-state index in [-0.39, 0.29) is 11.8 Å². The van der Waals surface area contributed by atoms with Crippen LogP contribution >= 0.6 is 0 Å². The van der Waals surface area contributed by atoms with E-state index in [0.717, 1.165) is 42.0 Å². The van der Waals surface area contributed by atoms with Crippen LogP contribution in [0, 0.1) is 0 Å². The van der Waals surface area contributed by atoms with Gasteiger partial charge in [-0.1, -0.05) is 24.3 Å². The number of benzene rings is 3. The second-order valence-electron chi connectivity index (χ2n) is 8.33. The molecule has 1 N–H and O–H groups in total. The fraction of sp³-hybridized carbons (Fsp3) is 0.308. The van der Waals surface area contributed by atoms with Crippen LogP contribution in [0.3, 0.4) is 0 Å². The summed E-state index contributed by atoms with van der Waals surface area (Å²) in [7, 11) is 1.66. The first kappa shape index (κ1) is 22.7. The van der Waals surface area contributed by atoms with Crippen LogP contribution in [-0.2, 0) is 30.5 Å². The predicted molar refractivity (Wildman–Crippen MR) is 128 cm³/mol. The summed E-state index contributed by atoms with van der Waals surface area (Å²) in [6, 6.07) is 16.9. The Balaban J connectivity index is 1.50. The van der Waals surface area contributed by atoms with Crippen LogP contribution < -0.4 is 18.5 Å². The van der Waals surface area contributed by atoms with Crippen molar-refractivity contribution in [1.82, 2.24) is 4.90 Å². The summed E-state index contributed by atoms with van der Waals surface area (Å²) >= 11 is -1.74. The summed E-state index contributed by atoms with van der Waals surface area (Å²) < 4.78 is 30.1. The molecule has 0 radical (unpaired) electrons. The van der Waals surface area contributed by atoms with Gasteiger partial charge in [-0.25, -0.2) is 9.47 Å². The van der Waals surface area contributed by atoms with E-state index >= 15 is 0 Å². The molecule has 2 atom stereocenters. The first-order valence-corrected chi connectivity index (χ1v) is 12.4. The van der Waals surface area contributed by atoms with E-state index in [1.807, 2.05) is 31.2 Å². The van der Waals surface area contributed by atoms with Crippen molar-refractivity contribution in [2.45, 2.75) is 37.2 Å². The molecule has 3 aromatic carbocycles. The fourth-order valence-electron chi connectivity index (χ4n) is 4.86. The second kappa shape index (κ2) is 9.66. The average Bonchev–Trinajstić information content (AvgIpc) is 2.88. The van der Waals surface area contributed by atoms with E-state index in [9.17, 15) is 9.47 Å². The zero-order chi connectivity index (χ0) is 23.7. The van der Waals surface area contributed by atoms with Gasteiger partial charge in [-0.05, 0) is 66.8 Å². The van der Waals surface area contributed by atoms with E-state index in [1.165, 1.54) is 11.1 Å². The Kier molecular flexibility index (Phi) is 6.45. The number of hydrogen-bond acceptors (Lipinski definition) is 7. The highest BCUT2D eigenvalue weighted by molar-refractivity contribution is 7.80. The number of fused-ring (bicyclic) bond motifs is 4. The Morgan fingerprint density at radius 3 is 2.62 bits per heavy atom. The molecule has 0 spiro atoms. The first-order chi connectivity index (χ1) is 16.6. The van der Waals surface area contributed by atoms with E-state index in [4.69, 9.17) is 13.7 Å². The Morgan fingerprint density at radius 1 is 1.06 bits per heavy atom. The highest BCUT2D eigenvalue weighted by Gasteiger charge is 2.35. The standard InChI is InChI=1S/C26H27NO6S/c1-3-31-25-15-20-18(14-24(25)30-2)11-12-27-16-21-17(13-22(20)27)9-10-23(32-28)26(21)33-34(29)19-7-5-4-6-8-19/h4-10,14-15,22,28H,3,11-13,16H2,1-2H3. The zero-order valence-electron chi connectivity index (χ0n) is 19.2. The third-order valence-electron chi connectivity index (χ3n) is 6.48. The topological polar surface area (TPSA) is 77.5 Å². The molecule has 8 heteroatoms. The normalized spacial score (nSPS) is 17.7. The highest BCUT2D eigenvalue weighted by Crippen LogP contribution is 2.46. The molecule has 178 valence electrons. The van der Waals surface area contributed by atoms with Crippen molar-refractivity contribution < 1.29 is 28.0 Å². The van der Waals surface area contributed by atoms with Crippen molar-refractivity contribution in [2.24, 2.45) is 0 Å². The lowest BCUT2D eigenvalue weighted by molar-refractivity contribution is -0.138. The van der Waals surface area contributed by atoms with Gasteiger partial charge < -0.3 is 18.5 Å². The minimum atomic E-state index is -1.74. The lowest BCUT2D eigenvalue weighted by Crippen LogP contribution is -2.39. The van der Waals surface area contributed by atoms with Crippen molar-refractivity contribution in [3.05, 3.63) is 76.9 Å². The molecular weight excluding hydrogens is 454 g/mol. The summed E-state index contributed by atoms with van der Waals surface area (Å²) in [5, 5.41) is 9.48. The maximum atomic E-state index is 12.9. The predicted octanol–water partition coefficient (Wildman–Crippen LogP) is 4.70. The number of rotatable bonds is 7. The van der Waals surface area contributed by atoms with E-state index in [1.54, 1.807) is 25.3 Å². The SMILES string of the molecule is CCOc1cc2c(cc1OC)CCN1Cc3c(ccc(OO)c3OS(=O)c3ccccc3)CC21. The minimum Gasteiger partial charge on any atom is -0.493 e. The number of methoxy groups -OCH3 is 1. The Labute approximate surface area is 201 Å². The summed E-state index contributed by atoms with van der Waals surface area (Å²) in [6.07, 6.45) is 1.63. The average molecular weight is 482 g/mol. The molecule has 0 bridgehead atoms. The monoisotopic (exact) mass is 481 g/mol. The zero-order valence-corrected chi connectivity index (χ0v) is 20.0. The molecule has 0 aliphatic carbocycles. The molecule has 0 saturated carbocycles. The highest BCUT2D eigenvalue weighted by atomic mass is 32.2. The van der Waals surface area contributed by atoms with E-state index in [0.29, 0.717) is 23.8 Å². The second-order valence-corrected chi connectivity index (χ2v) is 9.44. The van der Waals surface area contributed by atoms with Crippen LogP contribution in [0.4, 0.5) is 0 Å². The van der Waals surface area contributed by atoms with Crippen LogP contribution in [0.25, 0.3) is 0 Å². The molecule has 2 heterocycles. The summed E-state index contributed by atoms with van der Waals surface area (Å²) in [5.74, 6) is 1.98. The molecule has 2 unspecified atom stereocenters. The number of hydrogen-bond donors (Lipinski definition) is 1. The number of nitrogens with zero attached hydrogens (tertiary/aromatic N) is 1. The molecule has 0 aromatic heterocycles. The Morgan fingerprint density at radius 2 is 1.88 bits per heavy atom. The van der Waals surface area contributed by atoms with Crippen molar-refractivity contribution >= 4 is 11.1 Å². The lowest BCUT2D eigenvalue weighted by Gasteiger charge is -2.42. The van der Waals surface area contributed by atoms with Crippen molar-refractivity contribution in [3.63, 3.8) is 0 Å². The van der Waals surface area contributed by atoms with Crippen molar-refractivity contribution in [1.29, 1.82) is 0 Å². The van der Waals surface area contributed by atoms with Gasteiger partial charge >= 0.3 is 0 Å². The van der Waals surface area contributed by atoms with Crippen molar-refractivity contribution in [3.8, 4) is 23.0 Å². The van der Waals surface area contributed by atoms with Gasteiger partial charge in [-0.15, -0.1) is 0 Å². The van der Waals surface area contributed by atoms with Gasteiger partial charge in [0.2, 0.25) is 16.8 Å². The molecule has 2 aliphatic rings. The molecule has 2 aliphatic heterocycles. The quantitative estimate of drug-likeness (QED) is 0.387. The van der Waals surface area contributed by atoms with Gasteiger partial charge in [-0.3, -0.25) is 4.90 Å². The van der Waals surface area contributed by atoms with Crippen molar-refractivity contribution in [2.75, 3.05) is 20.3 Å². The maximum Gasteiger partial charge on any atom is 0.240 e. The molecule has 0 saturated heterocycles. The minimum absolute atomic E-state index is 0.155. The van der Waals surface area contributed by atoms with Gasteiger partial charge in [-0.2, -0.15) is 0 Å². The molecule has 3 aromatic rings. The van der Waals surface area contributed by atoms with Crippen LogP contribution in [0.1, 0.15) is 35.2 Å². The summed E-state index contributed by atoms with van der Waals surface area (Å²) in [5.41, 5.74) is 4.46. The Bertz CT molecular complexity index is 1220. The lowest BCUT2D eigenvalue weighted by atomic mass is 9.83. The summed E-state index contributed by atoms with van der Waals surface area (Å²) in [6.45, 7) is 3.98. The molecule has 7 nitrogen and oxygen atoms in total. The van der Waals surface area contributed by atoms with Gasteiger partial charge in [0.25, 0.3) is 0 Å². The van der Waals surface area contributed by atoms with Gasteiger partial charge in [0, 0.05) is 24.7 Å². The third-order valence-corrected chi connectivity index (χ3v) is 7.46.